The lowest BCUT2D eigenvalue weighted by atomic mass is 9.96. The number of allylic oxidation sites excluding steroid dienone is 2. The van der Waals surface area contributed by atoms with Gasteiger partial charge in [-0.1, -0.05) is 11.6 Å². The first-order valence-corrected chi connectivity index (χ1v) is 11.2. The van der Waals surface area contributed by atoms with Gasteiger partial charge in [0.1, 0.15) is 24.0 Å². The Labute approximate surface area is 208 Å². The minimum atomic E-state index is -4.83. The highest BCUT2D eigenvalue weighted by Crippen LogP contribution is 2.44. The van der Waals surface area contributed by atoms with Crippen LogP contribution in [0.15, 0.2) is 48.7 Å². The van der Waals surface area contributed by atoms with Gasteiger partial charge in [-0.25, -0.2) is 13.6 Å². The van der Waals surface area contributed by atoms with E-state index in [0.29, 0.717) is 46.7 Å². The Morgan fingerprint density at radius 1 is 1.06 bits per heavy atom. The molecule has 1 heterocycles. The van der Waals surface area contributed by atoms with Crippen molar-refractivity contribution in [2.24, 2.45) is 0 Å². The fraction of sp³-hybridized carbons (Fsp3) is 0.231. The van der Waals surface area contributed by atoms with Crippen LogP contribution in [-0.4, -0.2) is 18.1 Å². The summed E-state index contributed by atoms with van der Waals surface area (Å²) in [5.74, 6) is -2.24. The molecule has 1 aromatic heterocycles. The van der Waals surface area contributed by atoms with Crippen LogP contribution in [0.5, 0.6) is 5.75 Å². The molecule has 0 unspecified atom stereocenters. The van der Waals surface area contributed by atoms with Gasteiger partial charge in [0.15, 0.2) is 5.69 Å². The number of rotatable bonds is 6. The van der Waals surface area contributed by atoms with Crippen molar-refractivity contribution in [3.8, 4) is 5.75 Å². The molecule has 0 fully saturated rings. The Morgan fingerprint density at radius 3 is 2.50 bits per heavy atom. The minimum Gasteiger partial charge on any atom is -0.488 e. The maximum Gasteiger partial charge on any atom is 0.434 e. The molecule has 36 heavy (non-hydrogen) atoms. The summed E-state index contributed by atoms with van der Waals surface area (Å²) in [6.07, 6.45) is -1.99. The molecular weight excluding hydrogens is 505 g/mol. The van der Waals surface area contributed by atoms with Crippen molar-refractivity contribution < 1.29 is 36.2 Å². The maximum absolute atomic E-state index is 14.1. The molecular formula is C26H19ClF5NO3. The summed E-state index contributed by atoms with van der Waals surface area (Å²) in [5, 5.41) is 0.393. The average Bonchev–Trinajstić information content (AvgIpc) is 3.32. The zero-order valence-corrected chi connectivity index (χ0v) is 19.6. The Balaban J connectivity index is 1.76. The van der Waals surface area contributed by atoms with E-state index in [-0.39, 0.29) is 12.2 Å². The molecule has 0 radical (unpaired) electrons. The van der Waals surface area contributed by atoms with Crippen LogP contribution in [0.3, 0.4) is 0 Å². The fourth-order valence-electron chi connectivity index (χ4n) is 4.14. The number of alkyl halides is 3. The van der Waals surface area contributed by atoms with E-state index >= 15 is 0 Å². The normalized spacial score (nSPS) is 13.8. The molecule has 2 aromatic carbocycles. The number of aromatic nitrogens is 1. The number of hydrogen-bond acceptors (Lipinski definition) is 4. The van der Waals surface area contributed by atoms with Gasteiger partial charge in [0, 0.05) is 28.4 Å². The number of hydrogen-bond donors (Lipinski definition) is 0. The maximum atomic E-state index is 14.1. The molecule has 4 rings (SSSR count). The Morgan fingerprint density at radius 2 is 1.81 bits per heavy atom. The Kier molecular flexibility index (Phi) is 7.31. The standard InChI is InChI=1S/C26H19ClF5NO3/c1-35-25(34)21-9-15(12-33-24(21)26(30,31)32)18-3-2-4-19(18)20-10-16(27)6-8-23(20)36-13-14-5-7-17(28)11-22(14)29/h5-12H,2-4,13H2,1H3. The second-order valence-electron chi connectivity index (χ2n) is 8.09. The van der Waals surface area contributed by atoms with E-state index in [1.165, 1.54) is 6.07 Å². The third-order valence-corrected chi connectivity index (χ3v) is 6.03. The van der Waals surface area contributed by atoms with E-state index in [0.717, 1.165) is 37.1 Å². The minimum absolute atomic E-state index is 0.146. The number of nitrogens with zero attached hydrogens (tertiary/aromatic N) is 1. The van der Waals surface area contributed by atoms with Crippen molar-refractivity contribution in [1.82, 2.24) is 4.98 Å². The first-order chi connectivity index (χ1) is 17.1. The third-order valence-electron chi connectivity index (χ3n) is 5.79. The van der Waals surface area contributed by atoms with Crippen molar-refractivity contribution >= 4 is 28.7 Å². The summed E-state index contributed by atoms with van der Waals surface area (Å²) in [6.45, 7) is -0.183. The second-order valence-corrected chi connectivity index (χ2v) is 8.52. The molecule has 0 N–H and O–H groups in total. The van der Waals surface area contributed by atoms with Crippen molar-refractivity contribution in [3.05, 3.63) is 93.3 Å². The lowest BCUT2D eigenvalue weighted by Gasteiger charge is -2.16. The molecule has 3 aromatic rings. The largest absolute Gasteiger partial charge is 0.488 e. The molecule has 188 valence electrons. The molecule has 0 atom stereocenters. The molecule has 0 bridgehead atoms. The van der Waals surface area contributed by atoms with Crippen molar-refractivity contribution in [2.75, 3.05) is 7.11 Å². The van der Waals surface area contributed by atoms with Gasteiger partial charge in [0.05, 0.1) is 12.7 Å². The van der Waals surface area contributed by atoms with Crippen LogP contribution in [0.4, 0.5) is 22.0 Å². The van der Waals surface area contributed by atoms with Crippen molar-refractivity contribution in [3.63, 3.8) is 0 Å². The van der Waals surface area contributed by atoms with Gasteiger partial charge >= 0.3 is 12.1 Å². The van der Waals surface area contributed by atoms with Crippen LogP contribution in [0.25, 0.3) is 11.1 Å². The molecule has 0 amide bonds. The predicted octanol–water partition coefficient (Wildman–Crippen LogP) is 7.49. The molecule has 0 aliphatic heterocycles. The summed E-state index contributed by atoms with van der Waals surface area (Å²) in [6, 6.07) is 9.13. The number of pyridine rings is 1. The molecule has 10 heteroatoms. The second kappa shape index (κ2) is 10.3. The first-order valence-electron chi connectivity index (χ1n) is 10.8. The molecule has 1 aliphatic rings. The van der Waals surface area contributed by atoms with Crippen molar-refractivity contribution in [2.45, 2.75) is 32.0 Å². The summed E-state index contributed by atoms with van der Waals surface area (Å²) < 4.78 is 77.9. The van der Waals surface area contributed by atoms with E-state index in [1.807, 2.05) is 0 Å². The van der Waals surface area contributed by atoms with Gasteiger partial charge in [-0.15, -0.1) is 0 Å². The summed E-state index contributed by atoms with van der Waals surface area (Å²) >= 11 is 6.23. The highest BCUT2D eigenvalue weighted by molar-refractivity contribution is 6.30. The number of carbonyl (C=O) groups is 1. The van der Waals surface area contributed by atoms with E-state index < -0.39 is 35.0 Å². The molecule has 4 nitrogen and oxygen atoms in total. The Hall–Kier alpha value is -3.46. The highest BCUT2D eigenvalue weighted by Gasteiger charge is 2.38. The van der Waals surface area contributed by atoms with E-state index in [9.17, 15) is 26.7 Å². The average molecular weight is 524 g/mol. The van der Waals surface area contributed by atoms with Crippen molar-refractivity contribution in [1.29, 1.82) is 0 Å². The quantitative estimate of drug-likeness (QED) is 0.248. The van der Waals surface area contributed by atoms with E-state index in [2.05, 4.69) is 9.72 Å². The predicted molar refractivity (Wildman–Crippen MR) is 123 cm³/mol. The number of esters is 1. The zero-order valence-electron chi connectivity index (χ0n) is 18.9. The summed E-state index contributed by atoms with van der Waals surface area (Å²) in [7, 11) is 0.995. The molecule has 0 saturated heterocycles. The van der Waals surface area contributed by atoms with Crippen LogP contribution in [0.1, 0.15) is 52.0 Å². The zero-order chi connectivity index (χ0) is 26.0. The molecule has 0 spiro atoms. The highest BCUT2D eigenvalue weighted by atomic mass is 35.5. The van der Waals surface area contributed by atoms with Crippen LogP contribution in [0.2, 0.25) is 5.02 Å². The lowest BCUT2D eigenvalue weighted by Crippen LogP contribution is -2.17. The number of carbonyl (C=O) groups excluding carboxylic acids is 1. The number of halogens is 6. The SMILES string of the molecule is COC(=O)c1cc(C2=C(c3cc(Cl)ccc3OCc3ccc(F)cc3F)CCC2)cnc1C(F)(F)F. The monoisotopic (exact) mass is 523 g/mol. The van der Waals surface area contributed by atoms with E-state index in [1.54, 1.807) is 18.2 Å². The lowest BCUT2D eigenvalue weighted by molar-refractivity contribution is -0.141. The topological polar surface area (TPSA) is 48.4 Å². The van der Waals surface area contributed by atoms with Crippen LogP contribution in [0, 0.1) is 11.6 Å². The summed E-state index contributed by atoms with van der Waals surface area (Å²) in [4.78, 5) is 15.6. The van der Waals surface area contributed by atoms with Gasteiger partial charge in [-0.2, -0.15) is 13.2 Å². The number of ether oxygens (including phenoxy) is 2. The van der Waals surface area contributed by atoms with Crippen LogP contribution in [-0.2, 0) is 17.5 Å². The first kappa shape index (κ1) is 25.6. The fourth-order valence-corrected chi connectivity index (χ4v) is 4.31. The molecule has 0 saturated carbocycles. The van der Waals surface area contributed by atoms with Gasteiger partial charge in [-0.05, 0) is 72.4 Å². The van der Waals surface area contributed by atoms with Crippen LogP contribution >= 0.6 is 11.6 Å². The van der Waals surface area contributed by atoms with Gasteiger partial charge in [0.25, 0.3) is 0 Å². The summed E-state index contributed by atoms with van der Waals surface area (Å²) in [5.41, 5.74) is 0.490. The Bertz CT molecular complexity index is 1350. The smallest absolute Gasteiger partial charge is 0.434 e. The van der Waals surface area contributed by atoms with Gasteiger partial charge < -0.3 is 9.47 Å². The molecule has 1 aliphatic carbocycles. The third kappa shape index (κ3) is 5.36. The van der Waals surface area contributed by atoms with E-state index in [4.69, 9.17) is 16.3 Å². The number of methoxy groups -OCH3 is 1. The number of benzene rings is 2. The van der Waals surface area contributed by atoms with Crippen LogP contribution < -0.4 is 4.74 Å². The van der Waals surface area contributed by atoms with Gasteiger partial charge in [0.2, 0.25) is 0 Å². The van der Waals surface area contributed by atoms with Gasteiger partial charge in [-0.3, -0.25) is 4.98 Å².